The van der Waals surface area contributed by atoms with Crippen LogP contribution in [0.15, 0.2) is 12.2 Å². The predicted molar refractivity (Wildman–Crippen MR) is 57.4 cm³/mol. The Morgan fingerprint density at radius 3 is 2.08 bits per heavy atom. The summed E-state index contributed by atoms with van der Waals surface area (Å²) in [5.74, 6) is 0. The molecule has 0 aromatic carbocycles. The lowest BCUT2D eigenvalue weighted by molar-refractivity contribution is 0.611. The molecule has 0 saturated carbocycles. The molecule has 0 fully saturated rings. The number of hydrogen-bond acceptors (Lipinski definition) is 0. The van der Waals surface area contributed by atoms with Gasteiger partial charge in [-0.05, 0) is 19.3 Å². The van der Waals surface area contributed by atoms with Crippen molar-refractivity contribution in [1.29, 1.82) is 0 Å². The van der Waals surface area contributed by atoms with Gasteiger partial charge in [-0.3, -0.25) is 0 Å². The van der Waals surface area contributed by atoms with Crippen LogP contribution in [0.5, 0.6) is 0 Å². The summed E-state index contributed by atoms with van der Waals surface area (Å²) in [5.41, 5.74) is 0. The van der Waals surface area contributed by atoms with Crippen LogP contribution >= 0.6 is 0 Å². The Balaban J connectivity index is 2.86. The lowest BCUT2D eigenvalue weighted by Crippen LogP contribution is -1.77. The minimum absolute atomic E-state index is 1.19. The third-order valence-corrected chi connectivity index (χ3v) is 2.13. The maximum absolute atomic E-state index is 2.32. The molecule has 0 bridgehead atoms. The Morgan fingerprint density at radius 1 is 0.750 bits per heavy atom. The summed E-state index contributed by atoms with van der Waals surface area (Å²) in [6, 6.07) is 0. The molecule has 0 saturated heterocycles. The SMILES string of the molecule is CC/C=C/CCCCCCCC. The molecule has 0 aliphatic heterocycles. The van der Waals surface area contributed by atoms with Gasteiger partial charge in [0.25, 0.3) is 0 Å². The molecule has 12 heavy (non-hydrogen) atoms. The highest BCUT2D eigenvalue weighted by Crippen LogP contribution is 2.07. The van der Waals surface area contributed by atoms with Gasteiger partial charge in [-0.2, -0.15) is 0 Å². The average Bonchev–Trinajstić information content (AvgIpc) is 2.10. The van der Waals surface area contributed by atoms with Gasteiger partial charge in [0, 0.05) is 0 Å². The molecule has 0 heteroatoms. The van der Waals surface area contributed by atoms with Crippen molar-refractivity contribution in [3.63, 3.8) is 0 Å². The molecule has 0 aliphatic carbocycles. The second-order valence-corrected chi connectivity index (χ2v) is 3.44. The van der Waals surface area contributed by atoms with E-state index in [-0.39, 0.29) is 0 Å². The molecular formula is C12H24. The van der Waals surface area contributed by atoms with E-state index < -0.39 is 0 Å². The van der Waals surface area contributed by atoms with Crippen LogP contribution in [0.2, 0.25) is 0 Å². The highest BCUT2D eigenvalue weighted by Gasteiger charge is 1.87. The van der Waals surface area contributed by atoms with Gasteiger partial charge in [-0.15, -0.1) is 0 Å². The van der Waals surface area contributed by atoms with E-state index in [4.69, 9.17) is 0 Å². The van der Waals surface area contributed by atoms with Crippen LogP contribution in [0.25, 0.3) is 0 Å². The maximum Gasteiger partial charge on any atom is -0.0351 e. The Morgan fingerprint density at radius 2 is 1.42 bits per heavy atom. The topological polar surface area (TPSA) is 0 Å². The van der Waals surface area contributed by atoms with E-state index in [2.05, 4.69) is 26.0 Å². The van der Waals surface area contributed by atoms with Crippen molar-refractivity contribution in [1.82, 2.24) is 0 Å². The van der Waals surface area contributed by atoms with E-state index in [0.717, 1.165) is 0 Å². The molecule has 0 unspecified atom stereocenters. The fourth-order valence-electron chi connectivity index (χ4n) is 1.33. The lowest BCUT2D eigenvalue weighted by atomic mass is 10.1. The summed E-state index contributed by atoms with van der Waals surface area (Å²) in [6.07, 6.45) is 15.5. The summed E-state index contributed by atoms with van der Waals surface area (Å²) in [7, 11) is 0. The zero-order valence-corrected chi connectivity index (χ0v) is 8.81. The molecule has 0 aromatic rings. The molecule has 72 valence electrons. The van der Waals surface area contributed by atoms with E-state index in [0.29, 0.717) is 0 Å². The predicted octanol–water partition coefficient (Wildman–Crippen LogP) is 4.70. The Labute approximate surface area is 78.1 Å². The molecule has 0 atom stereocenters. The quantitative estimate of drug-likeness (QED) is 0.364. The second-order valence-electron chi connectivity index (χ2n) is 3.44. The van der Waals surface area contributed by atoms with Gasteiger partial charge in [0.2, 0.25) is 0 Å². The van der Waals surface area contributed by atoms with E-state index in [1.807, 2.05) is 0 Å². The Kier molecular flexibility index (Phi) is 10.5. The highest BCUT2D eigenvalue weighted by atomic mass is 13.9. The summed E-state index contributed by atoms with van der Waals surface area (Å²) in [6.45, 7) is 4.46. The first-order valence-electron chi connectivity index (χ1n) is 5.56. The van der Waals surface area contributed by atoms with Crippen molar-refractivity contribution >= 4 is 0 Å². The van der Waals surface area contributed by atoms with Crippen molar-refractivity contribution in [3.05, 3.63) is 12.2 Å². The van der Waals surface area contributed by atoms with Gasteiger partial charge in [0.1, 0.15) is 0 Å². The molecule has 0 spiro atoms. The first-order valence-corrected chi connectivity index (χ1v) is 5.56. The van der Waals surface area contributed by atoms with Crippen molar-refractivity contribution in [2.75, 3.05) is 0 Å². The number of allylic oxidation sites excluding steroid dienone is 2. The van der Waals surface area contributed by atoms with Gasteiger partial charge >= 0.3 is 0 Å². The lowest BCUT2D eigenvalue weighted by Gasteiger charge is -1.97. The standard InChI is InChI=1S/C12H24/c1-3-5-7-9-11-12-10-8-6-4-2/h5,7H,3-4,6,8-12H2,1-2H3/b7-5+. The van der Waals surface area contributed by atoms with Crippen molar-refractivity contribution < 1.29 is 0 Å². The third kappa shape index (κ3) is 9.74. The van der Waals surface area contributed by atoms with E-state index in [9.17, 15) is 0 Å². The van der Waals surface area contributed by atoms with Crippen LogP contribution in [0.4, 0.5) is 0 Å². The third-order valence-electron chi connectivity index (χ3n) is 2.13. The molecule has 0 N–H and O–H groups in total. The average molecular weight is 168 g/mol. The normalized spacial score (nSPS) is 11.2. The van der Waals surface area contributed by atoms with Gasteiger partial charge in [-0.25, -0.2) is 0 Å². The molecule has 0 amide bonds. The monoisotopic (exact) mass is 168 g/mol. The fraction of sp³-hybridized carbons (Fsp3) is 0.833. The van der Waals surface area contributed by atoms with Crippen molar-refractivity contribution in [3.8, 4) is 0 Å². The number of unbranched alkanes of at least 4 members (excludes halogenated alkanes) is 6. The molecule has 0 radical (unpaired) electrons. The van der Waals surface area contributed by atoms with Crippen LogP contribution in [0.1, 0.15) is 65.2 Å². The Hall–Kier alpha value is -0.260. The van der Waals surface area contributed by atoms with E-state index >= 15 is 0 Å². The largest absolute Gasteiger partial charge is 0.0888 e. The highest BCUT2D eigenvalue weighted by molar-refractivity contribution is 4.79. The first-order chi connectivity index (χ1) is 5.91. The van der Waals surface area contributed by atoms with E-state index in [1.54, 1.807) is 0 Å². The van der Waals surface area contributed by atoms with Crippen LogP contribution in [-0.4, -0.2) is 0 Å². The van der Waals surface area contributed by atoms with E-state index in [1.165, 1.54) is 51.4 Å². The minimum Gasteiger partial charge on any atom is -0.0888 e. The zero-order chi connectivity index (χ0) is 9.07. The van der Waals surface area contributed by atoms with Crippen LogP contribution < -0.4 is 0 Å². The maximum atomic E-state index is 2.32. The van der Waals surface area contributed by atoms with Gasteiger partial charge in [-0.1, -0.05) is 58.1 Å². The summed E-state index contributed by atoms with van der Waals surface area (Å²) < 4.78 is 0. The Bertz CT molecular complexity index is 92.2. The fourth-order valence-corrected chi connectivity index (χ4v) is 1.33. The van der Waals surface area contributed by atoms with Crippen molar-refractivity contribution in [2.45, 2.75) is 65.2 Å². The van der Waals surface area contributed by atoms with Crippen LogP contribution in [0.3, 0.4) is 0 Å². The number of rotatable bonds is 8. The summed E-state index contributed by atoms with van der Waals surface area (Å²) in [5, 5.41) is 0. The first kappa shape index (κ1) is 11.7. The molecule has 0 aromatic heterocycles. The molecule has 0 heterocycles. The van der Waals surface area contributed by atoms with Crippen molar-refractivity contribution in [2.24, 2.45) is 0 Å². The zero-order valence-electron chi connectivity index (χ0n) is 8.81. The molecule has 0 rings (SSSR count). The molecule has 0 nitrogen and oxygen atoms in total. The van der Waals surface area contributed by atoms with Crippen LogP contribution in [-0.2, 0) is 0 Å². The minimum atomic E-state index is 1.19. The van der Waals surface area contributed by atoms with Gasteiger partial charge in [0.15, 0.2) is 0 Å². The molecule has 0 aliphatic rings. The van der Waals surface area contributed by atoms with Gasteiger partial charge < -0.3 is 0 Å². The summed E-state index contributed by atoms with van der Waals surface area (Å²) >= 11 is 0. The van der Waals surface area contributed by atoms with Crippen LogP contribution in [0, 0.1) is 0 Å². The second kappa shape index (κ2) is 10.7. The molecular weight excluding hydrogens is 144 g/mol. The smallest absolute Gasteiger partial charge is 0.0351 e. The van der Waals surface area contributed by atoms with Gasteiger partial charge in [0.05, 0.1) is 0 Å². The summed E-state index contributed by atoms with van der Waals surface area (Å²) in [4.78, 5) is 0. The number of hydrogen-bond donors (Lipinski definition) is 0.